The monoisotopic (exact) mass is 375 g/mol. The molecule has 7 nitrogen and oxygen atoms in total. The van der Waals surface area contributed by atoms with Gasteiger partial charge in [-0.2, -0.15) is 0 Å². The average molecular weight is 375 g/mol. The fourth-order valence-corrected chi connectivity index (χ4v) is 2.73. The zero-order chi connectivity index (χ0) is 19.9. The molecule has 142 valence electrons. The second kappa shape index (κ2) is 8.77. The lowest BCUT2D eigenvalue weighted by Crippen LogP contribution is -2.36. The third-order valence-electron chi connectivity index (χ3n) is 3.99. The summed E-state index contributed by atoms with van der Waals surface area (Å²) < 4.78 is 0. The van der Waals surface area contributed by atoms with E-state index in [0.717, 1.165) is 6.42 Å². The number of pyridine rings is 1. The van der Waals surface area contributed by atoms with Crippen LogP contribution in [0.2, 0.25) is 0 Å². The molecule has 3 rings (SSSR count). The molecule has 0 fully saturated rings. The van der Waals surface area contributed by atoms with Gasteiger partial charge in [-0.25, -0.2) is 4.99 Å². The lowest BCUT2D eigenvalue weighted by atomic mass is 10.1. The zero-order valence-corrected chi connectivity index (χ0v) is 15.5. The van der Waals surface area contributed by atoms with E-state index in [2.05, 4.69) is 20.6 Å². The molecule has 2 amide bonds. The van der Waals surface area contributed by atoms with Gasteiger partial charge in [0.15, 0.2) is 0 Å². The highest BCUT2D eigenvalue weighted by molar-refractivity contribution is 6.12. The average Bonchev–Trinajstić information content (AvgIpc) is 2.68. The molecule has 0 bridgehead atoms. The number of carbonyl (C=O) groups excluding carboxylic acids is 2. The number of anilines is 1. The maximum atomic E-state index is 12.7. The highest BCUT2D eigenvalue weighted by Gasteiger charge is 2.13. The number of rotatable bonds is 5. The van der Waals surface area contributed by atoms with E-state index in [1.807, 2.05) is 25.1 Å². The van der Waals surface area contributed by atoms with Crippen LogP contribution in [-0.2, 0) is 4.79 Å². The Labute approximate surface area is 162 Å². The van der Waals surface area contributed by atoms with Gasteiger partial charge < -0.3 is 11.1 Å². The molecule has 0 saturated heterocycles. The van der Waals surface area contributed by atoms with E-state index in [0.29, 0.717) is 34.3 Å². The van der Waals surface area contributed by atoms with Crippen molar-refractivity contribution in [3.8, 4) is 0 Å². The fraction of sp³-hybridized carbons (Fsp3) is 0.143. The topological polar surface area (TPSA) is 109 Å². The van der Waals surface area contributed by atoms with Gasteiger partial charge in [0.25, 0.3) is 5.91 Å². The largest absolute Gasteiger partial charge is 0.369 e. The number of guanidine groups is 1. The highest BCUT2D eigenvalue weighted by Crippen LogP contribution is 2.21. The Kier molecular flexibility index (Phi) is 5.96. The molecule has 0 aliphatic heterocycles. The predicted molar refractivity (Wildman–Crippen MR) is 110 cm³/mol. The SMILES string of the molecule is CCCC(=O)Nc1ccc2nccc(C(=O)NC(N)=Nc3ccccc3)c2c1. The van der Waals surface area contributed by atoms with Crippen molar-refractivity contribution in [3.05, 3.63) is 66.4 Å². The van der Waals surface area contributed by atoms with E-state index in [4.69, 9.17) is 5.73 Å². The summed E-state index contributed by atoms with van der Waals surface area (Å²) in [5.74, 6) is -0.480. The molecule has 0 spiro atoms. The number of hydrogen-bond acceptors (Lipinski definition) is 4. The molecular formula is C21H21N5O2. The van der Waals surface area contributed by atoms with Gasteiger partial charge in [0.1, 0.15) is 0 Å². The minimum Gasteiger partial charge on any atom is -0.369 e. The Bertz CT molecular complexity index is 1030. The lowest BCUT2D eigenvalue weighted by Gasteiger charge is -2.10. The van der Waals surface area contributed by atoms with Gasteiger partial charge in [-0.15, -0.1) is 0 Å². The van der Waals surface area contributed by atoms with Gasteiger partial charge in [0, 0.05) is 23.7 Å². The molecule has 1 aromatic heterocycles. The molecule has 4 N–H and O–H groups in total. The van der Waals surface area contributed by atoms with E-state index in [9.17, 15) is 9.59 Å². The third-order valence-corrected chi connectivity index (χ3v) is 3.99. The Morgan fingerprint density at radius 1 is 1.11 bits per heavy atom. The second-order valence-corrected chi connectivity index (χ2v) is 6.18. The smallest absolute Gasteiger partial charge is 0.258 e. The van der Waals surface area contributed by atoms with Crippen molar-refractivity contribution in [3.63, 3.8) is 0 Å². The molecular weight excluding hydrogens is 354 g/mol. The second-order valence-electron chi connectivity index (χ2n) is 6.18. The predicted octanol–water partition coefficient (Wildman–Crippen LogP) is 3.35. The normalized spacial score (nSPS) is 11.2. The van der Waals surface area contributed by atoms with Crippen molar-refractivity contribution in [1.82, 2.24) is 10.3 Å². The number of benzene rings is 2. The minimum absolute atomic E-state index is 0.00596. The summed E-state index contributed by atoms with van der Waals surface area (Å²) in [7, 11) is 0. The Balaban J connectivity index is 1.85. The van der Waals surface area contributed by atoms with Crippen molar-refractivity contribution in [1.29, 1.82) is 0 Å². The summed E-state index contributed by atoms with van der Waals surface area (Å²) in [5, 5.41) is 6.03. The molecule has 0 atom stereocenters. The number of aromatic nitrogens is 1. The number of carbonyl (C=O) groups is 2. The molecule has 2 aromatic carbocycles. The van der Waals surface area contributed by atoms with Crippen LogP contribution in [0.4, 0.5) is 11.4 Å². The van der Waals surface area contributed by atoms with Crippen molar-refractivity contribution in [2.45, 2.75) is 19.8 Å². The van der Waals surface area contributed by atoms with E-state index in [1.165, 1.54) is 0 Å². The van der Waals surface area contributed by atoms with Gasteiger partial charge in [-0.1, -0.05) is 25.1 Å². The first-order chi connectivity index (χ1) is 13.6. The third kappa shape index (κ3) is 4.70. The van der Waals surface area contributed by atoms with Crippen LogP contribution in [0.25, 0.3) is 10.9 Å². The van der Waals surface area contributed by atoms with E-state index < -0.39 is 5.91 Å². The first-order valence-electron chi connectivity index (χ1n) is 8.96. The Hall–Kier alpha value is -3.74. The summed E-state index contributed by atoms with van der Waals surface area (Å²) >= 11 is 0. The number of amides is 2. The maximum absolute atomic E-state index is 12.7. The first-order valence-corrected chi connectivity index (χ1v) is 8.96. The number of nitrogens with two attached hydrogens (primary N) is 1. The Morgan fingerprint density at radius 2 is 1.89 bits per heavy atom. The number of aliphatic imine (C=N–C) groups is 1. The quantitative estimate of drug-likeness (QED) is 0.469. The molecule has 28 heavy (non-hydrogen) atoms. The summed E-state index contributed by atoms with van der Waals surface area (Å²) in [4.78, 5) is 33.0. The number of fused-ring (bicyclic) bond motifs is 1. The van der Waals surface area contributed by atoms with Crippen LogP contribution in [-0.4, -0.2) is 22.8 Å². The maximum Gasteiger partial charge on any atom is 0.258 e. The van der Waals surface area contributed by atoms with Crippen LogP contribution in [0.3, 0.4) is 0 Å². The number of nitrogens with zero attached hydrogens (tertiary/aromatic N) is 2. The van der Waals surface area contributed by atoms with Gasteiger partial charge in [-0.3, -0.25) is 19.9 Å². The highest BCUT2D eigenvalue weighted by atomic mass is 16.2. The van der Waals surface area contributed by atoms with E-state index >= 15 is 0 Å². The van der Waals surface area contributed by atoms with Crippen molar-refractivity contribution in [2.24, 2.45) is 10.7 Å². The molecule has 0 aliphatic rings. The van der Waals surface area contributed by atoms with Gasteiger partial charge in [-0.05, 0) is 42.8 Å². The molecule has 0 unspecified atom stereocenters. The molecule has 3 aromatic rings. The van der Waals surface area contributed by atoms with Crippen LogP contribution in [0.5, 0.6) is 0 Å². The van der Waals surface area contributed by atoms with E-state index in [1.54, 1.807) is 42.6 Å². The number of nitrogens with one attached hydrogen (secondary N) is 2. The van der Waals surface area contributed by atoms with Crippen LogP contribution in [0, 0.1) is 0 Å². The number of para-hydroxylation sites is 1. The zero-order valence-electron chi connectivity index (χ0n) is 15.5. The van der Waals surface area contributed by atoms with Crippen molar-refractivity contribution in [2.75, 3.05) is 5.32 Å². The summed E-state index contributed by atoms with van der Waals surface area (Å²) in [6.45, 7) is 1.94. The Morgan fingerprint density at radius 3 is 2.64 bits per heavy atom. The van der Waals surface area contributed by atoms with Crippen LogP contribution < -0.4 is 16.4 Å². The van der Waals surface area contributed by atoms with Crippen LogP contribution >= 0.6 is 0 Å². The van der Waals surface area contributed by atoms with Crippen molar-refractivity contribution >= 4 is 40.1 Å². The first kappa shape index (κ1) is 19.0. The molecule has 0 aliphatic carbocycles. The summed E-state index contributed by atoms with van der Waals surface area (Å²) in [6.07, 6.45) is 2.75. The summed E-state index contributed by atoms with van der Waals surface area (Å²) in [6, 6.07) is 16.0. The van der Waals surface area contributed by atoms with Gasteiger partial charge in [0.2, 0.25) is 11.9 Å². The lowest BCUT2D eigenvalue weighted by molar-refractivity contribution is -0.116. The minimum atomic E-state index is -0.401. The molecule has 0 radical (unpaired) electrons. The molecule has 7 heteroatoms. The van der Waals surface area contributed by atoms with Gasteiger partial charge in [0.05, 0.1) is 16.8 Å². The molecule has 1 heterocycles. The van der Waals surface area contributed by atoms with Gasteiger partial charge >= 0.3 is 0 Å². The van der Waals surface area contributed by atoms with Crippen LogP contribution in [0.15, 0.2) is 65.8 Å². The van der Waals surface area contributed by atoms with Crippen molar-refractivity contribution < 1.29 is 9.59 Å². The van der Waals surface area contributed by atoms with E-state index in [-0.39, 0.29) is 11.9 Å². The molecule has 0 saturated carbocycles. The summed E-state index contributed by atoms with van der Waals surface area (Å²) in [5.41, 5.74) is 8.14. The fourth-order valence-electron chi connectivity index (χ4n) is 2.73. The standard InChI is InChI=1S/C21H21N5O2/c1-2-6-19(27)24-15-9-10-18-17(13-15)16(11-12-23-18)20(28)26-21(22)25-14-7-4-3-5-8-14/h3-5,7-13H,2,6H2,1H3,(H,24,27)(H3,22,25,26,28). The van der Waals surface area contributed by atoms with Crippen LogP contribution in [0.1, 0.15) is 30.1 Å². The number of hydrogen-bond donors (Lipinski definition) is 3.